The number of nitrogens with zero attached hydrogens (tertiary/aromatic N) is 4. The molecule has 3 heterocycles. The lowest BCUT2D eigenvalue weighted by Gasteiger charge is -2.09. The first-order valence-electron chi connectivity index (χ1n) is 9.51. The van der Waals surface area contributed by atoms with Crippen LogP contribution in [0.25, 0.3) is 22.3 Å². The average Bonchev–Trinajstić information content (AvgIpc) is 3.10. The molecular weight excluding hydrogens is 354 g/mol. The molecule has 0 fully saturated rings. The molecule has 3 rings (SSSR count). The van der Waals surface area contributed by atoms with Crippen LogP contribution in [0.5, 0.6) is 0 Å². The summed E-state index contributed by atoms with van der Waals surface area (Å²) in [4.78, 5) is 30.7. The molecule has 0 bridgehead atoms. The van der Waals surface area contributed by atoms with Gasteiger partial charge in [-0.1, -0.05) is 6.92 Å². The number of hydrogen-bond acceptors (Lipinski definition) is 6. The lowest BCUT2D eigenvalue weighted by molar-refractivity contribution is 0.0952. The smallest absolute Gasteiger partial charge is 0.252 e. The SMILES string of the molecule is CCc1cc(-c2c[nH]c3ncc(C(=O)NCCCCN(C)C)cc23)nc(N)n1. The van der Waals surface area contributed by atoms with Crippen molar-refractivity contribution in [1.82, 2.24) is 30.2 Å². The van der Waals surface area contributed by atoms with Crippen molar-refractivity contribution < 1.29 is 4.79 Å². The Bertz CT molecular complexity index is 964. The van der Waals surface area contributed by atoms with Crippen LogP contribution >= 0.6 is 0 Å². The molecule has 8 nitrogen and oxygen atoms in total. The van der Waals surface area contributed by atoms with Crippen LogP contribution < -0.4 is 11.1 Å². The summed E-state index contributed by atoms with van der Waals surface area (Å²) < 4.78 is 0. The van der Waals surface area contributed by atoms with E-state index in [0.717, 1.165) is 48.1 Å². The van der Waals surface area contributed by atoms with Gasteiger partial charge in [0.05, 0.1) is 11.3 Å². The summed E-state index contributed by atoms with van der Waals surface area (Å²) in [5, 5.41) is 3.80. The molecule has 0 unspecified atom stereocenters. The standard InChI is InChI=1S/C20H27N7O/c1-4-14-10-17(26-20(21)25-14)16-12-24-18-15(16)9-13(11-23-18)19(28)22-7-5-6-8-27(2)3/h9-12H,4-8H2,1-3H3,(H,22,28)(H,23,24)(H2,21,25,26). The van der Waals surface area contributed by atoms with Gasteiger partial charge in [-0.2, -0.15) is 0 Å². The minimum Gasteiger partial charge on any atom is -0.368 e. The number of unbranched alkanes of at least 4 members (excludes halogenated alkanes) is 1. The highest BCUT2D eigenvalue weighted by atomic mass is 16.1. The Kier molecular flexibility index (Phi) is 6.20. The molecule has 0 atom stereocenters. The Morgan fingerprint density at radius 2 is 2.07 bits per heavy atom. The molecule has 3 aromatic rings. The van der Waals surface area contributed by atoms with Crippen LogP contribution in [0.2, 0.25) is 0 Å². The third-order valence-corrected chi connectivity index (χ3v) is 4.55. The lowest BCUT2D eigenvalue weighted by atomic mass is 10.1. The minimum absolute atomic E-state index is 0.122. The van der Waals surface area contributed by atoms with Gasteiger partial charge in [0.1, 0.15) is 5.65 Å². The Hall–Kier alpha value is -3.00. The number of nitrogens with two attached hydrogens (primary N) is 1. The molecule has 148 valence electrons. The fourth-order valence-corrected chi connectivity index (χ4v) is 3.03. The number of aryl methyl sites for hydroxylation is 1. The molecule has 0 aliphatic rings. The van der Waals surface area contributed by atoms with E-state index in [1.165, 1.54) is 0 Å². The second-order valence-corrected chi connectivity index (χ2v) is 7.05. The van der Waals surface area contributed by atoms with E-state index in [9.17, 15) is 4.79 Å². The van der Waals surface area contributed by atoms with Crippen LogP contribution in [0.15, 0.2) is 24.5 Å². The van der Waals surface area contributed by atoms with Gasteiger partial charge in [-0.15, -0.1) is 0 Å². The Balaban J connectivity index is 1.79. The van der Waals surface area contributed by atoms with Gasteiger partial charge in [0.25, 0.3) is 5.91 Å². The molecule has 8 heteroatoms. The van der Waals surface area contributed by atoms with Crippen molar-refractivity contribution in [2.24, 2.45) is 0 Å². The predicted octanol–water partition coefficient (Wildman–Crippen LogP) is 2.24. The number of anilines is 1. The molecule has 3 aromatic heterocycles. The number of nitrogens with one attached hydrogen (secondary N) is 2. The molecule has 4 N–H and O–H groups in total. The molecule has 0 aliphatic heterocycles. The van der Waals surface area contributed by atoms with Gasteiger partial charge in [0, 0.05) is 35.6 Å². The number of rotatable bonds is 8. The van der Waals surface area contributed by atoms with Crippen molar-refractivity contribution in [1.29, 1.82) is 0 Å². The number of aromatic nitrogens is 4. The fraction of sp³-hybridized carbons (Fsp3) is 0.400. The van der Waals surface area contributed by atoms with Gasteiger partial charge in [-0.25, -0.2) is 15.0 Å². The zero-order valence-corrected chi connectivity index (χ0v) is 16.6. The van der Waals surface area contributed by atoms with Crippen LogP contribution in [0.4, 0.5) is 5.95 Å². The largest absolute Gasteiger partial charge is 0.368 e. The predicted molar refractivity (Wildman–Crippen MR) is 111 cm³/mol. The van der Waals surface area contributed by atoms with Crippen LogP contribution in [-0.2, 0) is 6.42 Å². The van der Waals surface area contributed by atoms with E-state index in [1.54, 1.807) is 6.20 Å². The molecular formula is C20H27N7O. The van der Waals surface area contributed by atoms with Crippen molar-refractivity contribution >= 4 is 22.9 Å². The van der Waals surface area contributed by atoms with Crippen molar-refractivity contribution in [3.05, 3.63) is 35.8 Å². The number of amides is 1. The highest BCUT2D eigenvalue weighted by Crippen LogP contribution is 2.27. The van der Waals surface area contributed by atoms with E-state index in [1.807, 2.05) is 39.3 Å². The highest BCUT2D eigenvalue weighted by Gasteiger charge is 2.14. The lowest BCUT2D eigenvalue weighted by Crippen LogP contribution is -2.25. The summed E-state index contributed by atoms with van der Waals surface area (Å²) in [7, 11) is 4.09. The zero-order valence-electron chi connectivity index (χ0n) is 16.6. The summed E-state index contributed by atoms with van der Waals surface area (Å²) in [6, 6.07) is 3.75. The van der Waals surface area contributed by atoms with E-state index in [4.69, 9.17) is 5.73 Å². The number of aromatic amines is 1. The fourth-order valence-electron chi connectivity index (χ4n) is 3.03. The van der Waals surface area contributed by atoms with Gasteiger partial charge < -0.3 is 20.9 Å². The first-order chi connectivity index (χ1) is 13.5. The quantitative estimate of drug-likeness (QED) is 0.516. The van der Waals surface area contributed by atoms with E-state index in [-0.39, 0.29) is 11.9 Å². The van der Waals surface area contributed by atoms with Gasteiger partial charge in [0.2, 0.25) is 5.95 Å². The number of pyridine rings is 1. The van der Waals surface area contributed by atoms with Crippen LogP contribution in [-0.4, -0.2) is 57.9 Å². The second kappa shape index (κ2) is 8.79. The molecule has 0 aliphatic carbocycles. The molecule has 0 saturated carbocycles. The number of fused-ring (bicyclic) bond motifs is 1. The van der Waals surface area contributed by atoms with Crippen molar-refractivity contribution in [2.75, 3.05) is 32.9 Å². The number of carbonyl (C=O) groups excluding carboxylic acids is 1. The summed E-state index contributed by atoms with van der Waals surface area (Å²) in [5.41, 5.74) is 9.52. The van der Waals surface area contributed by atoms with Gasteiger partial charge in [-0.05, 0) is 52.0 Å². The van der Waals surface area contributed by atoms with Crippen LogP contribution in [0, 0.1) is 0 Å². The average molecular weight is 381 g/mol. The Labute approximate surface area is 164 Å². The minimum atomic E-state index is -0.122. The molecule has 0 saturated heterocycles. The normalized spacial score (nSPS) is 11.3. The maximum Gasteiger partial charge on any atom is 0.252 e. The molecule has 1 amide bonds. The van der Waals surface area contributed by atoms with Crippen LogP contribution in [0.3, 0.4) is 0 Å². The molecule has 0 aromatic carbocycles. The maximum atomic E-state index is 12.5. The van der Waals surface area contributed by atoms with E-state index in [0.29, 0.717) is 17.8 Å². The number of hydrogen-bond donors (Lipinski definition) is 3. The van der Waals surface area contributed by atoms with Gasteiger partial charge in [0.15, 0.2) is 0 Å². The molecule has 0 spiro atoms. The number of nitrogen functional groups attached to an aromatic ring is 1. The van der Waals surface area contributed by atoms with Crippen molar-refractivity contribution in [2.45, 2.75) is 26.2 Å². The molecule has 28 heavy (non-hydrogen) atoms. The number of H-pyrrole nitrogens is 1. The Morgan fingerprint density at radius 1 is 1.25 bits per heavy atom. The summed E-state index contributed by atoms with van der Waals surface area (Å²) in [5.74, 6) is 0.117. The number of carbonyl (C=O) groups is 1. The summed E-state index contributed by atoms with van der Waals surface area (Å²) in [6.07, 6.45) is 6.17. The van der Waals surface area contributed by atoms with E-state index in [2.05, 4.69) is 30.2 Å². The monoisotopic (exact) mass is 381 g/mol. The zero-order chi connectivity index (χ0) is 20.1. The van der Waals surface area contributed by atoms with Crippen molar-refractivity contribution in [3.8, 4) is 11.3 Å². The van der Waals surface area contributed by atoms with Crippen molar-refractivity contribution in [3.63, 3.8) is 0 Å². The maximum absolute atomic E-state index is 12.5. The first kappa shape index (κ1) is 19.8. The first-order valence-corrected chi connectivity index (χ1v) is 9.51. The van der Waals surface area contributed by atoms with E-state index >= 15 is 0 Å². The van der Waals surface area contributed by atoms with Gasteiger partial charge in [-0.3, -0.25) is 4.79 Å². The molecule has 0 radical (unpaired) electrons. The highest BCUT2D eigenvalue weighted by molar-refractivity contribution is 6.00. The summed E-state index contributed by atoms with van der Waals surface area (Å²) in [6.45, 7) is 3.67. The topological polar surface area (TPSA) is 113 Å². The van der Waals surface area contributed by atoms with Gasteiger partial charge >= 0.3 is 0 Å². The van der Waals surface area contributed by atoms with E-state index < -0.39 is 0 Å². The summed E-state index contributed by atoms with van der Waals surface area (Å²) >= 11 is 0. The third-order valence-electron chi connectivity index (χ3n) is 4.55. The van der Waals surface area contributed by atoms with Crippen LogP contribution in [0.1, 0.15) is 35.8 Å². The third kappa shape index (κ3) is 4.64. The Morgan fingerprint density at radius 3 is 2.82 bits per heavy atom. The second-order valence-electron chi connectivity index (χ2n) is 7.05.